The van der Waals surface area contributed by atoms with Gasteiger partial charge >= 0.3 is 5.97 Å². The fourth-order valence-corrected chi connectivity index (χ4v) is 4.40. The summed E-state index contributed by atoms with van der Waals surface area (Å²) in [5, 5.41) is 22.2. The Morgan fingerprint density at radius 2 is 1.81 bits per heavy atom. The van der Waals surface area contributed by atoms with Crippen LogP contribution in [0.1, 0.15) is 52.5 Å². The molecule has 2 aromatic carbocycles. The first kappa shape index (κ1) is 22.0. The van der Waals surface area contributed by atoms with E-state index in [-0.39, 0.29) is 23.3 Å². The van der Waals surface area contributed by atoms with Crippen molar-refractivity contribution in [2.75, 3.05) is 6.61 Å². The molecule has 1 aromatic heterocycles. The van der Waals surface area contributed by atoms with Gasteiger partial charge in [0, 0.05) is 12.4 Å². The second kappa shape index (κ2) is 8.02. The number of fused-ring (bicyclic) bond motifs is 1. The van der Waals surface area contributed by atoms with Crippen molar-refractivity contribution in [3.05, 3.63) is 70.4 Å². The van der Waals surface area contributed by atoms with E-state index >= 15 is 0 Å². The van der Waals surface area contributed by atoms with Gasteiger partial charge in [0.2, 0.25) is 0 Å². The number of benzene rings is 2. The van der Waals surface area contributed by atoms with Crippen molar-refractivity contribution < 1.29 is 28.6 Å². The largest absolute Gasteiger partial charge is 0.481 e. The van der Waals surface area contributed by atoms with E-state index in [2.05, 4.69) is 5.32 Å². The van der Waals surface area contributed by atoms with Gasteiger partial charge in [-0.1, -0.05) is 30.7 Å². The highest BCUT2D eigenvalue weighted by Crippen LogP contribution is 2.44. The molecule has 1 aliphatic carbocycles. The molecule has 1 amide bonds. The number of nitrogens with zero attached hydrogens (tertiary/aromatic N) is 1. The van der Waals surface area contributed by atoms with Crippen molar-refractivity contribution in [2.45, 2.75) is 37.6 Å². The molecule has 3 N–H and O–H groups in total. The first-order valence-corrected chi connectivity index (χ1v) is 10.4. The number of aryl methyl sites for hydroxylation is 2. The first-order chi connectivity index (χ1) is 15.2. The van der Waals surface area contributed by atoms with E-state index in [1.807, 2.05) is 0 Å². The van der Waals surface area contributed by atoms with Crippen molar-refractivity contribution in [1.29, 1.82) is 0 Å². The fraction of sp³-hybridized carbons (Fsp3) is 0.333. The van der Waals surface area contributed by atoms with E-state index in [1.165, 1.54) is 23.6 Å². The van der Waals surface area contributed by atoms with Crippen LogP contribution >= 0.6 is 0 Å². The van der Waals surface area contributed by atoms with Gasteiger partial charge in [0.15, 0.2) is 11.6 Å². The molecule has 1 aliphatic rings. The molecule has 4 rings (SSSR count). The molecule has 3 aromatic rings. The topological polar surface area (TPSA) is 91.6 Å². The molecule has 1 atom stereocenters. The molecule has 32 heavy (non-hydrogen) atoms. The summed E-state index contributed by atoms with van der Waals surface area (Å²) in [5.74, 6) is -3.36. The van der Waals surface area contributed by atoms with E-state index in [4.69, 9.17) is 0 Å². The highest BCUT2D eigenvalue weighted by atomic mass is 19.2. The number of aliphatic carboxylic acids is 1. The van der Waals surface area contributed by atoms with Crippen LogP contribution in [0.5, 0.6) is 0 Å². The number of halogens is 2. The number of hydrogen-bond donors (Lipinski definition) is 3. The molecule has 0 saturated heterocycles. The zero-order chi connectivity index (χ0) is 23.2. The molecule has 1 heterocycles. The molecule has 1 saturated carbocycles. The van der Waals surface area contributed by atoms with Crippen molar-refractivity contribution in [3.63, 3.8) is 0 Å². The second-order valence-electron chi connectivity index (χ2n) is 8.41. The third kappa shape index (κ3) is 3.35. The standard InChI is InChI=1S/C24H24F2N2O4/c1-13-10-18-16(21(26)20(13)25)11-19(28(18)2)22(30)27-17(12-29)14-4-6-15(7-5-14)24(23(31)32)8-3-9-24/h4-7,10-11,17,29H,3,8-9,12H2,1-2H3,(H,27,30)(H,31,32)/t17-/m1/s1. The Kier molecular flexibility index (Phi) is 5.50. The Hall–Kier alpha value is -3.26. The second-order valence-corrected chi connectivity index (χ2v) is 8.41. The van der Waals surface area contributed by atoms with Crippen LogP contribution in [0.4, 0.5) is 8.78 Å². The molecule has 0 aliphatic heterocycles. The number of nitrogens with one attached hydrogen (secondary N) is 1. The summed E-state index contributed by atoms with van der Waals surface area (Å²) in [4.78, 5) is 24.6. The van der Waals surface area contributed by atoms with Crippen molar-refractivity contribution in [3.8, 4) is 0 Å². The molecule has 8 heteroatoms. The van der Waals surface area contributed by atoms with Gasteiger partial charge in [0.05, 0.1) is 23.6 Å². The Balaban J connectivity index is 1.59. The van der Waals surface area contributed by atoms with Crippen LogP contribution in [0, 0.1) is 18.6 Å². The highest BCUT2D eigenvalue weighted by Gasteiger charge is 2.45. The first-order valence-electron chi connectivity index (χ1n) is 10.4. The van der Waals surface area contributed by atoms with Crippen LogP contribution in [-0.4, -0.2) is 33.3 Å². The van der Waals surface area contributed by atoms with Crippen LogP contribution in [0.3, 0.4) is 0 Å². The number of carboxylic acids is 1. The van der Waals surface area contributed by atoms with Crippen LogP contribution in [0.2, 0.25) is 0 Å². The minimum atomic E-state index is -1.01. The van der Waals surface area contributed by atoms with Crippen LogP contribution in [-0.2, 0) is 17.3 Å². The monoisotopic (exact) mass is 442 g/mol. The van der Waals surface area contributed by atoms with Gasteiger partial charge in [-0.2, -0.15) is 0 Å². The number of hydrogen-bond acceptors (Lipinski definition) is 3. The Bertz CT molecular complexity index is 1210. The average molecular weight is 442 g/mol. The smallest absolute Gasteiger partial charge is 0.314 e. The zero-order valence-corrected chi connectivity index (χ0v) is 17.8. The summed E-state index contributed by atoms with van der Waals surface area (Å²) < 4.78 is 29.7. The van der Waals surface area contributed by atoms with Gasteiger partial charge in [0.25, 0.3) is 5.91 Å². The van der Waals surface area contributed by atoms with E-state index in [9.17, 15) is 28.6 Å². The molecule has 0 spiro atoms. The van der Waals surface area contributed by atoms with E-state index in [0.29, 0.717) is 29.5 Å². The summed E-state index contributed by atoms with van der Waals surface area (Å²) in [7, 11) is 1.58. The molecule has 0 unspecified atom stereocenters. The maximum absolute atomic E-state index is 14.3. The number of aliphatic hydroxyl groups excluding tert-OH is 1. The molecule has 6 nitrogen and oxygen atoms in total. The molecular weight excluding hydrogens is 418 g/mol. The van der Waals surface area contributed by atoms with E-state index in [1.54, 1.807) is 31.3 Å². The normalized spacial score (nSPS) is 15.9. The minimum Gasteiger partial charge on any atom is -0.481 e. The minimum absolute atomic E-state index is 0.00474. The fourth-order valence-electron chi connectivity index (χ4n) is 4.40. The van der Waals surface area contributed by atoms with Gasteiger partial charge in [0.1, 0.15) is 5.69 Å². The molecular formula is C24H24F2N2O4. The van der Waals surface area contributed by atoms with Crippen LogP contribution in [0.15, 0.2) is 36.4 Å². The Morgan fingerprint density at radius 3 is 2.34 bits per heavy atom. The van der Waals surface area contributed by atoms with E-state index in [0.717, 1.165) is 6.42 Å². The summed E-state index contributed by atoms with van der Waals surface area (Å²) in [5.41, 5.74) is 1.09. The maximum atomic E-state index is 14.3. The van der Waals surface area contributed by atoms with E-state index < -0.39 is 35.0 Å². The predicted molar refractivity (Wildman–Crippen MR) is 114 cm³/mol. The number of aromatic nitrogens is 1. The van der Waals surface area contributed by atoms with Gasteiger partial charge in [-0.05, 0) is 48.6 Å². The number of carbonyl (C=O) groups excluding carboxylic acids is 1. The Labute approximate surface area is 183 Å². The molecule has 0 bridgehead atoms. The van der Waals surface area contributed by atoms with Crippen LogP contribution in [0.25, 0.3) is 10.9 Å². The summed E-state index contributed by atoms with van der Waals surface area (Å²) >= 11 is 0. The quantitative estimate of drug-likeness (QED) is 0.543. The number of rotatable bonds is 6. The van der Waals surface area contributed by atoms with Crippen molar-refractivity contribution in [2.24, 2.45) is 7.05 Å². The number of carbonyl (C=O) groups is 2. The highest BCUT2D eigenvalue weighted by molar-refractivity contribution is 5.99. The maximum Gasteiger partial charge on any atom is 0.314 e. The average Bonchev–Trinajstić information content (AvgIpc) is 3.06. The Morgan fingerprint density at radius 1 is 1.16 bits per heavy atom. The van der Waals surface area contributed by atoms with Crippen molar-refractivity contribution >= 4 is 22.8 Å². The summed E-state index contributed by atoms with van der Waals surface area (Å²) in [6.07, 6.45) is 2.03. The third-order valence-electron chi connectivity index (χ3n) is 6.61. The van der Waals surface area contributed by atoms with Gasteiger partial charge < -0.3 is 20.1 Å². The van der Waals surface area contributed by atoms with Crippen molar-refractivity contribution in [1.82, 2.24) is 9.88 Å². The summed E-state index contributed by atoms with van der Waals surface area (Å²) in [6, 6.07) is 8.84. The van der Waals surface area contributed by atoms with Crippen LogP contribution < -0.4 is 5.32 Å². The lowest BCUT2D eigenvalue weighted by Crippen LogP contribution is -2.42. The lowest BCUT2D eigenvalue weighted by molar-refractivity contribution is -0.147. The SMILES string of the molecule is Cc1cc2c(cc(C(=O)N[C@H](CO)c3ccc(C4(C(=O)O)CCC4)cc3)n2C)c(F)c1F. The van der Waals surface area contributed by atoms with Gasteiger partial charge in [-0.15, -0.1) is 0 Å². The molecule has 0 radical (unpaired) electrons. The number of amides is 1. The molecule has 168 valence electrons. The predicted octanol–water partition coefficient (Wildman–Crippen LogP) is 3.73. The third-order valence-corrected chi connectivity index (χ3v) is 6.61. The lowest BCUT2D eigenvalue weighted by Gasteiger charge is -2.38. The molecule has 1 fully saturated rings. The summed E-state index contributed by atoms with van der Waals surface area (Å²) in [6.45, 7) is 1.06. The number of carboxylic acid groups (broad SMARTS) is 1. The van der Waals surface area contributed by atoms with Gasteiger partial charge in [-0.3, -0.25) is 9.59 Å². The lowest BCUT2D eigenvalue weighted by atomic mass is 9.64. The number of aliphatic hydroxyl groups is 1. The zero-order valence-electron chi connectivity index (χ0n) is 17.8. The van der Waals surface area contributed by atoms with Gasteiger partial charge in [-0.25, -0.2) is 8.78 Å².